The van der Waals surface area contributed by atoms with Crippen molar-refractivity contribution < 1.29 is 33.4 Å². The van der Waals surface area contributed by atoms with Crippen LogP contribution in [0.4, 0.5) is 0 Å². The first-order valence-electron chi connectivity index (χ1n) is 12.0. The quantitative estimate of drug-likeness (QED) is 0.510. The standard InChI is InChI=1S/C26H32O7/c1-22(2)15-10-18(29)25(5)14(24(15,4)17(28)11-16(22)27)6-8-23(3)19(13-7-9-31-12-13)32-21(30)20-26(23,25)33-20/h7,9,12,14-16,19-20,27H,6,8,10-11H2,1-5H3/t14-,15+,16+,19-,20+,23-,24+,25-,26+/m0/s1. The third-order valence-corrected chi connectivity index (χ3v) is 10.9. The van der Waals surface area contributed by atoms with Crippen LogP contribution in [0.5, 0.6) is 0 Å². The lowest BCUT2D eigenvalue weighted by atomic mass is 9.35. The molecule has 178 valence electrons. The zero-order chi connectivity index (χ0) is 23.8. The summed E-state index contributed by atoms with van der Waals surface area (Å²) in [6.45, 7) is 9.91. The molecule has 2 saturated heterocycles. The number of carbonyl (C=O) groups is 3. The van der Waals surface area contributed by atoms with E-state index in [2.05, 4.69) is 6.92 Å². The van der Waals surface area contributed by atoms with E-state index in [-0.39, 0.29) is 36.2 Å². The van der Waals surface area contributed by atoms with Gasteiger partial charge in [-0.1, -0.05) is 27.7 Å². The van der Waals surface area contributed by atoms with Crippen LogP contribution < -0.4 is 0 Å². The molecule has 1 spiro atoms. The van der Waals surface area contributed by atoms with Gasteiger partial charge in [0.2, 0.25) is 0 Å². The summed E-state index contributed by atoms with van der Waals surface area (Å²) in [4.78, 5) is 40.8. The molecule has 0 bridgehead atoms. The van der Waals surface area contributed by atoms with Crippen molar-refractivity contribution in [3.63, 3.8) is 0 Å². The molecule has 0 radical (unpaired) electrons. The van der Waals surface area contributed by atoms with E-state index in [1.807, 2.05) is 27.7 Å². The van der Waals surface area contributed by atoms with Gasteiger partial charge >= 0.3 is 5.97 Å². The highest BCUT2D eigenvalue weighted by atomic mass is 16.7. The maximum atomic E-state index is 14.1. The number of aliphatic hydroxyl groups excluding tert-OH is 1. The Morgan fingerprint density at radius 2 is 1.70 bits per heavy atom. The van der Waals surface area contributed by atoms with Crippen LogP contribution >= 0.6 is 0 Å². The van der Waals surface area contributed by atoms with Crippen LogP contribution in [0, 0.1) is 33.5 Å². The molecule has 7 nitrogen and oxygen atoms in total. The molecule has 5 aliphatic rings. The van der Waals surface area contributed by atoms with Crippen molar-refractivity contribution in [3.05, 3.63) is 24.2 Å². The van der Waals surface area contributed by atoms with Crippen LogP contribution in [0.3, 0.4) is 0 Å². The number of aliphatic hydroxyl groups is 1. The van der Waals surface area contributed by atoms with Crippen molar-refractivity contribution in [2.45, 2.75) is 84.2 Å². The summed E-state index contributed by atoms with van der Waals surface area (Å²) in [5.41, 5.74) is -3.24. The molecule has 6 rings (SSSR count). The first kappa shape index (κ1) is 21.5. The van der Waals surface area contributed by atoms with Crippen molar-refractivity contribution in [2.75, 3.05) is 0 Å². The summed E-state index contributed by atoms with van der Waals surface area (Å²) in [5, 5.41) is 10.7. The van der Waals surface area contributed by atoms with Gasteiger partial charge in [-0.25, -0.2) is 4.79 Å². The minimum atomic E-state index is -1.02. The van der Waals surface area contributed by atoms with Crippen LogP contribution in [0.25, 0.3) is 0 Å². The molecule has 1 aromatic heterocycles. The summed E-state index contributed by atoms with van der Waals surface area (Å²) in [5.74, 6) is -0.940. The van der Waals surface area contributed by atoms with Crippen LogP contribution in [0.15, 0.2) is 23.0 Å². The van der Waals surface area contributed by atoms with E-state index >= 15 is 0 Å². The van der Waals surface area contributed by atoms with Crippen molar-refractivity contribution >= 4 is 17.5 Å². The van der Waals surface area contributed by atoms with Crippen LogP contribution in [-0.4, -0.2) is 40.5 Å². The highest BCUT2D eigenvalue weighted by Crippen LogP contribution is 2.78. The average Bonchev–Trinajstić information content (AvgIpc) is 3.32. The monoisotopic (exact) mass is 456 g/mol. The highest BCUT2D eigenvalue weighted by molar-refractivity contribution is 5.97. The Morgan fingerprint density at radius 3 is 2.36 bits per heavy atom. The number of epoxide rings is 1. The van der Waals surface area contributed by atoms with Gasteiger partial charge in [0.05, 0.1) is 24.0 Å². The van der Waals surface area contributed by atoms with E-state index in [9.17, 15) is 19.5 Å². The number of ether oxygens (including phenoxy) is 2. The van der Waals surface area contributed by atoms with Crippen LogP contribution in [-0.2, 0) is 23.9 Å². The Morgan fingerprint density at radius 1 is 0.970 bits per heavy atom. The molecule has 2 aliphatic heterocycles. The smallest absolute Gasteiger partial charge is 0.339 e. The molecule has 3 saturated carbocycles. The van der Waals surface area contributed by atoms with Crippen LogP contribution in [0.2, 0.25) is 0 Å². The molecule has 5 fully saturated rings. The summed E-state index contributed by atoms with van der Waals surface area (Å²) in [7, 11) is 0. The zero-order valence-electron chi connectivity index (χ0n) is 19.8. The molecule has 0 amide bonds. The molecule has 3 aliphatic carbocycles. The predicted molar refractivity (Wildman–Crippen MR) is 115 cm³/mol. The molecule has 0 aromatic carbocycles. The fourth-order valence-electron chi connectivity index (χ4n) is 8.93. The molecule has 1 aromatic rings. The van der Waals surface area contributed by atoms with Gasteiger partial charge in [0.15, 0.2) is 6.10 Å². The number of Topliss-reactive ketones (excluding diaryl/α,β-unsaturated/α-hetero) is 2. The number of cyclic esters (lactones) is 1. The molecule has 1 N–H and O–H groups in total. The minimum absolute atomic E-state index is 0.0185. The number of rotatable bonds is 1. The fourth-order valence-corrected chi connectivity index (χ4v) is 8.93. The van der Waals surface area contributed by atoms with Gasteiger partial charge in [-0.2, -0.15) is 0 Å². The van der Waals surface area contributed by atoms with Gasteiger partial charge in [-0.3, -0.25) is 9.59 Å². The van der Waals surface area contributed by atoms with E-state index < -0.39 is 51.5 Å². The number of hydrogen-bond acceptors (Lipinski definition) is 7. The van der Waals surface area contributed by atoms with Crippen molar-refractivity contribution in [2.24, 2.45) is 33.5 Å². The van der Waals surface area contributed by atoms with Crippen molar-refractivity contribution in [1.82, 2.24) is 0 Å². The fraction of sp³-hybridized carbons (Fsp3) is 0.731. The molecular weight excluding hydrogens is 424 g/mol. The van der Waals surface area contributed by atoms with Gasteiger partial charge in [0.25, 0.3) is 0 Å². The summed E-state index contributed by atoms with van der Waals surface area (Å²) in [6, 6.07) is 1.79. The SMILES string of the molecule is CC1(C)[C@H](O)CC(=O)[C@@]2(C)[C@@H]1CC(=O)[C@]1(C)[C@H]2CC[C@@]2(C)[C@H](c3ccoc3)OC(=O)[C@H]3O[C@]321. The number of ketones is 2. The highest BCUT2D eigenvalue weighted by Gasteiger charge is 2.88. The van der Waals surface area contributed by atoms with Gasteiger partial charge in [-0.05, 0) is 43.1 Å². The normalized spacial score (nSPS) is 52.2. The number of hydrogen-bond donors (Lipinski definition) is 1. The second-order valence-corrected chi connectivity index (χ2v) is 12.2. The van der Waals surface area contributed by atoms with Gasteiger partial charge in [0.1, 0.15) is 23.3 Å². The molecule has 0 unspecified atom stereocenters. The molecule has 3 heterocycles. The first-order chi connectivity index (χ1) is 15.4. The Balaban J connectivity index is 1.53. The lowest BCUT2D eigenvalue weighted by Crippen LogP contribution is -2.73. The Bertz CT molecular complexity index is 1070. The predicted octanol–water partition coefficient (Wildman–Crippen LogP) is 3.39. The van der Waals surface area contributed by atoms with E-state index in [1.165, 1.54) is 0 Å². The van der Waals surface area contributed by atoms with Gasteiger partial charge in [0, 0.05) is 29.2 Å². The molecule has 33 heavy (non-hydrogen) atoms. The maximum Gasteiger partial charge on any atom is 0.339 e. The Kier molecular flexibility index (Phi) is 3.90. The van der Waals surface area contributed by atoms with E-state index in [1.54, 1.807) is 18.6 Å². The van der Waals surface area contributed by atoms with Crippen LogP contribution in [0.1, 0.15) is 72.0 Å². The molecule has 7 heteroatoms. The maximum absolute atomic E-state index is 14.1. The minimum Gasteiger partial charge on any atom is -0.472 e. The third kappa shape index (κ3) is 2.10. The number of carbonyl (C=O) groups excluding carboxylic acids is 3. The van der Waals surface area contributed by atoms with E-state index in [4.69, 9.17) is 13.9 Å². The average molecular weight is 457 g/mol. The van der Waals surface area contributed by atoms with Crippen molar-refractivity contribution in [1.29, 1.82) is 0 Å². The van der Waals surface area contributed by atoms with E-state index in [0.717, 1.165) is 5.56 Å². The second kappa shape index (κ2) is 5.98. The Labute approximate surface area is 193 Å². The molecular formula is C26H32O7. The third-order valence-electron chi connectivity index (χ3n) is 10.9. The second-order valence-electron chi connectivity index (χ2n) is 12.2. The number of esters is 1. The topological polar surface area (TPSA) is 106 Å². The zero-order valence-corrected chi connectivity index (χ0v) is 19.8. The Hall–Kier alpha value is -1.99. The largest absolute Gasteiger partial charge is 0.472 e. The molecule has 9 atom stereocenters. The van der Waals surface area contributed by atoms with E-state index in [0.29, 0.717) is 12.8 Å². The summed E-state index contributed by atoms with van der Waals surface area (Å²) >= 11 is 0. The van der Waals surface area contributed by atoms with Crippen molar-refractivity contribution in [3.8, 4) is 0 Å². The lowest BCUT2D eigenvalue weighted by Gasteiger charge is -2.67. The summed E-state index contributed by atoms with van der Waals surface area (Å²) < 4.78 is 17.5. The van der Waals surface area contributed by atoms with Gasteiger partial charge in [-0.15, -0.1) is 0 Å². The first-order valence-corrected chi connectivity index (χ1v) is 12.0. The number of fused-ring (bicyclic) bond motifs is 3. The lowest BCUT2D eigenvalue weighted by molar-refractivity contribution is -0.225. The number of furan rings is 1. The van der Waals surface area contributed by atoms with Gasteiger partial charge < -0.3 is 19.0 Å². The summed E-state index contributed by atoms with van der Waals surface area (Å²) in [6.07, 6.45) is 2.56.